The molecular formula is C22H32N7S+. The number of benzene rings is 1. The van der Waals surface area contributed by atoms with E-state index in [1.54, 1.807) is 4.90 Å². The van der Waals surface area contributed by atoms with Crippen LogP contribution in [0.25, 0.3) is 10.2 Å². The zero-order valence-electron chi connectivity index (χ0n) is 17.8. The number of fused-ring (bicyclic) bond motifs is 1. The lowest BCUT2D eigenvalue weighted by atomic mass is 9.95. The van der Waals surface area contributed by atoms with Crippen molar-refractivity contribution in [1.82, 2.24) is 25.2 Å². The van der Waals surface area contributed by atoms with Crippen LogP contribution in [0.2, 0.25) is 0 Å². The first-order valence-corrected chi connectivity index (χ1v) is 12.4. The van der Waals surface area contributed by atoms with Crippen LogP contribution in [-0.4, -0.2) is 51.4 Å². The number of para-hydroxylation sites is 1. The second kappa shape index (κ2) is 8.98. The highest BCUT2D eigenvalue weighted by atomic mass is 32.1. The van der Waals surface area contributed by atoms with Gasteiger partial charge in [-0.2, -0.15) is 0 Å². The molecule has 2 aliphatic rings. The lowest BCUT2D eigenvalue weighted by Crippen LogP contribution is -3.15. The molecule has 0 bridgehead atoms. The molecule has 1 saturated carbocycles. The van der Waals surface area contributed by atoms with Crippen molar-refractivity contribution >= 4 is 26.7 Å². The van der Waals surface area contributed by atoms with E-state index in [9.17, 15) is 0 Å². The van der Waals surface area contributed by atoms with Gasteiger partial charge in [0.1, 0.15) is 6.04 Å². The number of tetrazole rings is 1. The van der Waals surface area contributed by atoms with Gasteiger partial charge in [0, 0.05) is 6.42 Å². The molecule has 1 aromatic carbocycles. The summed E-state index contributed by atoms with van der Waals surface area (Å²) in [4.78, 5) is 8.95. The third-order valence-electron chi connectivity index (χ3n) is 6.78. The van der Waals surface area contributed by atoms with Crippen LogP contribution in [0.15, 0.2) is 24.3 Å². The summed E-state index contributed by atoms with van der Waals surface area (Å²) in [6.45, 7) is 6.58. The van der Waals surface area contributed by atoms with Crippen molar-refractivity contribution in [1.29, 1.82) is 0 Å². The first-order chi connectivity index (χ1) is 14.8. The SMILES string of the molecule is CCC[C@@H](c1nnnn1C1CCCCC1)[NH+]1CCN(c2nc3ccccc3s2)CC1. The molecule has 3 aromatic rings. The molecule has 160 valence electrons. The summed E-state index contributed by atoms with van der Waals surface area (Å²) in [5.41, 5.74) is 1.11. The first-order valence-electron chi connectivity index (χ1n) is 11.6. The smallest absolute Gasteiger partial charge is 0.209 e. The minimum absolute atomic E-state index is 0.393. The van der Waals surface area contributed by atoms with E-state index in [2.05, 4.69) is 56.3 Å². The van der Waals surface area contributed by atoms with E-state index in [0.717, 1.165) is 55.5 Å². The molecule has 0 radical (unpaired) electrons. The van der Waals surface area contributed by atoms with Crippen molar-refractivity contribution in [2.75, 3.05) is 31.1 Å². The molecule has 5 rings (SSSR count). The molecule has 7 nitrogen and oxygen atoms in total. The fourth-order valence-corrected chi connectivity index (χ4v) is 6.17. The Morgan fingerprint density at radius 2 is 1.93 bits per heavy atom. The molecular weight excluding hydrogens is 394 g/mol. The number of anilines is 1. The fourth-order valence-electron chi connectivity index (χ4n) is 5.15. The maximum atomic E-state index is 4.87. The van der Waals surface area contributed by atoms with Gasteiger partial charge in [0.25, 0.3) is 0 Å². The minimum atomic E-state index is 0.393. The Morgan fingerprint density at radius 3 is 2.70 bits per heavy atom. The second-order valence-corrected chi connectivity index (χ2v) is 9.73. The number of hydrogen-bond acceptors (Lipinski definition) is 6. The van der Waals surface area contributed by atoms with Gasteiger partial charge in [-0.25, -0.2) is 9.67 Å². The van der Waals surface area contributed by atoms with Crippen molar-refractivity contribution in [3.05, 3.63) is 30.1 Å². The average molecular weight is 427 g/mol. The highest BCUT2D eigenvalue weighted by molar-refractivity contribution is 7.22. The molecule has 2 fully saturated rings. The van der Waals surface area contributed by atoms with Crippen LogP contribution in [0.5, 0.6) is 0 Å². The van der Waals surface area contributed by atoms with E-state index in [-0.39, 0.29) is 0 Å². The van der Waals surface area contributed by atoms with E-state index in [1.807, 2.05) is 11.3 Å². The van der Waals surface area contributed by atoms with Gasteiger partial charge in [0.15, 0.2) is 5.13 Å². The maximum Gasteiger partial charge on any atom is 0.209 e. The third kappa shape index (κ3) is 3.95. The number of hydrogen-bond donors (Lipinski definition) is 1. The number of aromatic nitrogens is 5. The molecule has 2 aromatic heterocycles. The average Bonchev–Trinajstić information content (AvgIpc) is 3.45. The van der Waals surface area contributed by atoms with Crippen LogP contribution >= 0.6 is 11.3 Å². The molecule has 0 unspecified atom stereocenters. The highest BCUT2D eigenvalue weighted by Crippen LogP contribution is 2.30. The zero-order chi connectivity index (χ0) is 20.3. The van der Waals surface area contributed by atoms with Crippen LogP contribution < -0.4 is 9.80 Å². The predicted molar refractivity (Wildman–Crippen MR) is 120 cm³/mol. The zero-order valence-corrected chi connectivity index (χ0v) is 18.7. The maximum absolute atomic E-state index is 4.87. The van der Waals surface area contributed by atoms with Gasteiger partial charge in [0.2, 0.25) is 5.82 Å². The molecule has 0 spiro atoms. The summed E-state index contributed by atoms with van der Waals surface area (Å²) >= 11 is 1.81. The van der Waals surface area contributed by atoms with Gasteiger partial charge >= 0.3 is 0 Å². The van der Waals surface area contributed by atoms with Crippen LogP contribution in [-0.2, 0) is 0 Å². The Morgan fingerprint density at radius 1 is 1.13 bits per heavy atom. The molecule has 1 aliphatic carbocycles. The number of thiazole rings is 1. The van der Waals surface area contributed by atoms with Crippen molar-refractivity contribution < 1.29 is 4.90 Å². The number of nitrogens with one attached hydrogen (secondary N) is 1. The summed E-state index contributed by atoms with van der Waals surface area (Å²) in [6.07, 6.45) is 8.70. The number of quaternary nitrogens is 1. The number of nitrogens with zero attached hydrogens (tertiary/aromatic N) is 6. The van der Waals surface area contributed by atoms with Crippen molar-refractivity contribution in [2.24, 2.45) is 0 Å². The van der Waals surface area contributed by atoms with Crippen LogP contribution in [0, 0.1) is 0 Å². The molecule has 1 atom stereocenters. The highest BCUT2D eigenvalue weighted by Gasteiger charge is 2.34. The van der Waals surface area contributed by atoms with Crippen molar-refractivity contribution in [2.45, 2.75) is 64.0 Å². The van der Waals surface area contributed by atoms with Gasteiger partial charge in [0.05, 0.1) is 42.4 Å². The summed E-state index contributed by atoms with van der Waals surface area (Å²) in [6, 6.07) is 9.33. The Kier molecular flexibility index (Phi) is 5.95. The van der Waals surface area contributed by atoms with E-state index >= 15 is 0 Å². The van der Waals surface area contributed by atoms with Gasteiger partial charge in [-0.05, 0) is 35.4 Å². The summed E-state index contributed by atoms with van der Waals surface area (Å²) in [7, 11) is 0. The molecule has 3 heterocycles. The lowest BCUT2D eigenvalue weighted by Gasteiger charge is -2.36. The monoisotopic (exact) mass is 426 g/mol. The van der Waals surface area contributed by atoms with Gasteiger partial charge in [-0.1, -0.05) is 56.1 Å². The first kappa shape index (κ1) is 19.9. The number of piperazine rings is 1. The Hall–Kier alpha value is -2.06. The van der Waals surface area contributed by atoms with Crippen LogP contribution in [0.1, 0.15) is 69.8 Å². The normalized spacial score (nSPS) is 20.1. The van der Waals surface area contributed by atoms with Crippen molar-refractivity contribution in [3.8, 4) is 0 Å². The lowest BCUT2D eigenvalue weighted by molar-refractivity contribution is -0.933. The van der Waals surface area contributed by atoms with Gasteiger partial charge < -0.3 is 9.80 Å². The van der Waals surface area contributed by atoms with Crippen molar-refractivity contribution in [3.63, 3.8) is 0 Å². The summed E-state index contributed by atoms with van der Waals surface area (Å²) < 4.78 is 3.46. The number of rotatable bonds is 6. The molecule has 8 heteroatoms. The Bertz CT molecular complexity index is 920. The molecule has 1 aliphatic heterocycles. The molecule has 1 N–H and O–H groups in total. The predicted octanol–water partition coefficient (Wildman–Crippen LogP) is 3.03. The Balaban J connectivity index is 1.30. The summed E-state index contributed by atoms with van der Waals surface area (Å²) in [5, 5.41) is 14.3. The summed E-state index contributed by atoms with van der Waals surface area (Å²) in [5.74, 6) is 1.12. The molecule has 30 heavy (non-hydrogen) atoms. The van der Waals surface area contributed by atoms with E-state index in [1.165, 1.54) is 36.8 Å². The van der Waals surface area contributed by atoms with Gasteiger partial charge in [-0.3, -0.25) is 0 Å². The largest absolute Gasteiger partial charge is 0.337 e. The molecule has 1 saturated heterocycles. The van der Waals surface area contributed by atoms with Crippen LogP contribution in [0.3, 0.4) is 0 Å². The van der Waals surface area contributed by atoms with Gasteiger partial charge in [-0.15, -0.1) is 5.10 Å². The Labute approximate surface area is 182 Å². The van der Waals surface area contributed by atoms with E-state index < -0.39 is 0 Å². The van der Waals surface area contributed by atoms with E-state index in [0.29, 0.717) is 12.1 Å². The van der Waals surface area contributed by atoms with E-state index in [4.69, 9.17) is 4.98 Å². The minimum Gasteiger partial charge on any atom is -0.337 e. The fraction of sp³-hybridized carbons (Fsp3) is 0.636. The van der Waals surface area contributed by atoms with Crippen LogP contribution in [0.4, 0.5) is 5.13 Å². The second-order valence-electron chi connectivity index (χ2n) is 8.72. The molecule has 0 amide bonds. The topological polar surface area (TPSA) is 64.2 Å². The standard InChI is InChI=1S/C22H31N7S/c1-2-8-19(21-24-25-26-29(21)17-9-4-3-5-10-17)27-13-15-28(16-14-27)22-23-18-11-6-7-12-20(18)30-22/h6-7,11-12,17,19H,2-5,8-10,13-16H2,1H3/p+1/t19-/m0/s1. The quantitative estimate of drug-likeness (QED) is 0.656. The third-order valence-corrected chi connectivity index (χ3v) is 7.88.